The molecule has 4 atom stereocenters. The van der Waals surface area contributed by atoms with Crippen molar-refractivity contribution in [2.75, 3.05) is 0 Å². The Morgan fingerprint density at radius 2 is 1.62 bits per heavy atom. The van der Waals surface area contributed by atoms with Gasteiger partial charge in [0.15, 0.2) is 0 Å². The Bertz CT molecular complexity index is 309. The summed E-state index contributed by atoms with van der Waals surface area (Å²) in [5.74, 6) is 0.192. The molecule has 1 saturated carbocycles. The van der Waals surface area contributed by atoms with Crippen molar-refractivity contribution in [3.05, 3.63) is 12.2 Å². The van der Waals surface area contributed by atoms with E-state index in [9.17, 15) is 9.59 Å². The molecule has 1 aliphatic heterocycles. The maximum absolute atomic E-state index is 11.6. The van der Waals surface area contributed by atoms with Crippen molar-refractivity contribution in [1.82, 2.24) is 4.31 Å². The first-order chi connectivity index (χ1) is 6.20. The maximum Gasteiger partial charge on any atom is 0.243 e. The molecule has 0 spiro atoms. The summed E-state index contributed by atoms with van der Waals surface area (Å²) in [7, 11) is 0. The molecule has 2 aliphatic carbocycles. The molecule has 0 radical (unpaired) electrons. The molecule has 4 heteroatoms. The highest BCUT2D eigenvalue weighted by Crippen LogP contribution is 2.52. The second-order valence-electron chi connectivity index (χ2n) is 3.99. The van der Waals surface area contributed by atoms with Crippen LogP contribution in [0.2, 0.25) is 0 Å². The van der Waals surface area contributed by atoms with Crippen LogP contribution in [-0.4, -0.2) is 16.1 Å². The predicted octanol–water partition coefficient (Wildman–Crippen LogP) is 0.638. The Balaban J connectivity index is 2.08. The van der Waals surface area contributed by atoms with E-state index in [2.05, 4.69) is 25.0 Å². The van der Waals surface area contributed by atoms with Gasteiger partial charge in [-0.05, 0) is 18.3 Å². The summed E-state index contributed by atoms with van der Waals surface area (Å²) in [6.45, 7) is 0. The highest BCUT2D eigenvalue weighted by molar-refractivity contribution is 7.79. The number of allylic oxidation sites excluding steroid dienone is 2. The molecule has 0 aromatic rings. The number of hydrogen-bond donors (Lipinski definition) is 1. The van der Waals surface area contributed by atoms with Crippen LogP contribution in [-0.2, 0) is 9.59 Å². The summed E-state index contributed by atoms with van der Waals surface area (Å²) >= 11 is 3.90. The van der Waals surface area contributed by atoms with E-state index in [1.54, 1.807) is 0 Å². The van der Waals surface area contributed by atoms with Crippen molar-refractivity contribution in [2.45, 2.75) is 6.42 Å². The van der Waals surface area contributed by atoms with Crippen molar-refractivity contribution in [3.8, 4) is 0 Å². The molecule has 4 unspecified atom stereocenters. The number of hydrogen-bond acceptors (Lipinski definition) is 3. The number of fused-ring (bicyclic) bond motifs is 5. The zero-order chi connectivity index (χ0) is 9.16. The molecule has 0 aromatic heterocycles. The Labute approximate surface area is 81.3 Å². The van der Waals surface area contributed by atoms with Gasteiger partial charge in [-0.3, -0.25) is 9.59 Å². The first kappa shape index (κ1) is 7.62. The lowest BCUT2D eigenvalue weighted by Gasteiger charge is -2.14. The summed E-state index contributed by atoms with van der Waals surface area (Å²) in [6, 6.07) is 0. The van der Waals surface area contributed by atoms with Crippen LogP contribution in [0.4, 0.5) is 0 Å². The number of nitrogens with zero attached hydrogens (tertiary/aromatic N) is 1. The van der Waals surface area contributed by atoms with E-state index in [1.807, 2.05) is 0 Å². The molecule has 3 rings (SSSR count). The maximum atomic E-state index is 11.6. The molecule has 0 aromatic carbocycles. The largest absolute Gasteiger partial charge is 0.273 e. The second kappa shape index (κ2) is 2.18. The zero-order valence-electron chi connectivity index (χ0n) is 6.88. The molecule has 1 saturated heterocycles. The average Bonchev–Trinajstić information content (AvgIpc) is 2.76. The van der Waals surface area contributed by atoms with E-state index in [-0.39, 0.29) is 23.7 Å². The Morgan fingerprint density at radius 1 is 1.15 bits per heavy atom. The van der Waals surface area contributed by atoms with Crippen LogP contribution in [0.3, 0.4) is 0 Å². The minimum atomic E-state index is -0.102. The molecule has 2 amide bonds. The first-order valence-corrected chi connectivity index (χ1v) is 4.85. The van der Waals surface area contributed by atoms with Gasteiger partial charge in [0.25, 0.3) is 0 Å². The normalized spacial score (nSPS) is 46.4. The van der Waals surface area contributed by atoms with Gasteiger partial charge in [0.05, 0.1) is 11.8 Å². The Hall–Kier alpha value is -0.770. The summed E-state index contributed by atoms with van der Waals surface area (Å²) in [5.41, 5.74) is 0. The molecule has 0 N–H and O–H groups in total. The van der Waals surface area contributed by atoms with E-state index in [0.717, 1.165) is 10.7 Å². The highest BCUT2D eigenvalue weighted by Gasteiger charge is 2.58. The molecular formula is C9H9NO2S. The van der Waals surface area contributed by atoms with E-state index >= 15 is 0 Å². The van der Waals surface area contributed by atoms with Gasteiger partial charge in [0, 0.05) is 0 Å². The molecule has 1 heterocycles. The minimum Gasteiger partial charge on any atom is -0.273 e. The van der Waals surface area contributed by atoms with Crippen LogP contribution in [0.25, 0.3) is 0 Å². The fourth-order valence-electron chi connectivity index (χ4n) is 2.89. The van der Waals surface area contributed by atoms with Crippen LogP contribution in [0.15, 0.2) is 12.2 Å². The Morgan fingerprint density at radius 3 is 2.08 bits per heavy atom. The topological polar surface area (TPSA) is 37.4 Å². The zero-order valence-corrected chi connectivity index (χ0v) is 7.78. The number of imide groups is 1. The summed E-state index contributed by atoms with van der Waals surface area (Å²) < 4.78 is 1.00. The van der Waals surface area contributed by atoms with Gasteiger partial charge >= 0.3 is 0 Å². The molecule has 3 nitrogen and oxygen atoms in total. The van der Waals surface area contributed by atoms with Crippen molar-refractivity contribution < 1.29 is 9.59 Å². The van der Waals surface area contributed by atoms with Gasteiger partial charge in [0.2, 0.25) is 11.8 Å². The van der Waals surface area contributed by atoms with Gasteiger partial charge in [-0.25, -0.2) is 4.31 Å². The fourth-order valence-corrected chi connectivity index (χ4v) is 3.15. The van der Waals surface area contributed by atoms with E-state index in [1.165, 1.54) is 0 Å². The van der Waals surface area contributed by atoms with Crippen molar-refractivity contribution in [2.24, 2.45) is 23.7 Å². The van der Waals surface area contributed by atoms with Crippen molar-refractivity contribution in [3.63, 3.8) is 0 Å². The standard InChI is InChI=1S/C9H9NO2S/c11-8-6-4-1-2-5(3-4)7(6)9(12)10(8)13/h1-2,4-7,13H,3H2. The van der Waals surface area contributed by atoms with E-state index in [4.69, 9.17) is 0 Å². The quantitative estimate of drug-likeness (QED) is 0.350. The van der Waals surface area contributed by atoms with Crippen molar-refractivity contribution in [1.29, 1.82) is 0 Å². The number of carbonyl (C=O) groups is 2. The fraction of sp³-hybridized carbons (Fsp3) is 0.556. The van der Waals surface area contributed by atoms with Gasteiger partial charge in [-0.2, -0.15) is 0 Å². The monoisotopic (exact) mass is 195 g/mol. The highest BCUT2D eigenvalue weighted by atomic mass is 32.1. The predicted molar refractivity (Wildman–Crippen MR) is 48.6 cm³/mol. The minimum absolute atomic E-state index is 0.0972. The number of thiol groups is 1. The number of carbonyl (C=O) groups excluding carboxylic acids is 2. The smallest absolute Gasteiger partial charge is 0.243 e. The van der Waals surface area contributed by atoms with Gasteiger partial charge in [0.1, 0.15) is 0 Å². The van der Waals surface area contributed by atoms with E-state index < -0.39 is 0 Å². The molecule has 3 aliphatic rings. The molecule has 2 fully saturated rings. The first-order valence-electron chi connectivity index (χ1n) is 4.45. The lowest BCUT2D eigenvalue weighted by Crippen LogP contribution is -2.23. The molecule has 2 bridgehead atoms. The average molecular weight is 195 g/mol. The Kier molecular flexibility index (Phi) is 1.28. The lowest BCUT2D eigenvalue weighted by molar-refractivity contribution is -0.133. The SMILES string of the molecule is O=C1C2C3C=CC(C3)C2C(=O)N1S. The molecular weight excluding hydrogens is 186 g/mol. The third-order valence-corrected chi connectivity index (χ3v) is 3.84. The summed E-state index contributed by atoms with van der Waals surface area (Å²) in [4.78, 5) is 23.2. The van der Waals surface area contributed by atoms with Gasteiger partial charge in [-0.15, -0.1) is 0 Å². The van der Waals surface area contributed by atoms with Gasteiger partial charge < -0.3 is 0 Å². The lowest BCUT2D eigenvalue weighted by atomic mass is 9.85. The number of rotatable bonds is 0. The van der Waals surface area contributed by atoms with Crippen LogP contribution in [0.5, 0.6) is 0 Å². The number of amides is 2. The van der Waals surface area contributed by atoms with E-state index in [0.29, 0.717) is 11.8 Å². The third-order valence-electron chi connectivity index (χ3n) is 3.45. The van der Waals surface area contributed by atoms with Crippen LogP contribution < -0.4 is 0 Å². The van der Waals surface area contributed by atoms with Crippen LogP contribution >= 0.6 is 12.8 Å². The molecule has 68 valence electrons. The molecule has 13 heavy (non-hydrogen) atoms. The summed E-state index contributed by atoms with van der Waals surface area (Å²) in [6.07, 6.45) is 5.13. The van der Waals surface area contributed by atoms with Crippen LogP contribution in [0, 0.1) is 23.7 Å². The summed E-state index contributed by atoms with van der Waals surface area (Å²) in [5, 5.41) is 0. The van der Waals surface area contributed by atoms with Gasteiger partial charge in [-0.1, -0.05) is 25.0 Å². The third kappa shape index (κ3) is 0.729. The second-order valence-corrected chi connectivity index (χ2v) is 4.39. The van der Waals surface area contributed by atoms with Crippen LogP contribution in [0.1, 0.15) is 6.42 Å². The van der Waals surface area contributed by atoms with Crippen molar-refractivity contribution >= 4 is 24.6 Å².